The molecule has 1 unspecified atom stereocenters. The number of carbonyl (C=O) groups excluding carboxylic acids is 1. The van der Waals surface area contributed by atoms with Crippen LogP contribution in [0, 0.1) is 10.1 Å². The number of non-ortho nitro benzene ring substituents is 1. The number of nitrogens with zero attached hydrogens (tertiary/aromatic N) is 3. The molecule has 2 aromatic carbocycles. The van der Waals surface area contributed by atoms with Gasteiger partial charge in [-0.05, 0) is 6.07 Å². The Bertz CT molecular complexity index is 1270. The molecule has 0 saturated carbocycles. The summed E-state index contributed by atoms with van der Waals surface area (Å²) < 4.78 is 0. The second-order valence-corrected chi connectivity index (χ2v) is 7.22. The van der Waals surface area contributed by atoms with Crippen LogP contribution < -0.4 is 21.7 Å². The molecule has 12 nitrogen and oxygen atoms in total. The first-order chi connectivity index (χ1) is 16.0. The molecule has 1 aromatic heterocycles. The summed E-state index contributed by atoms with van der Waals surface area (Å²) in [6.07, 6.45) is -0.113. The first-order valence-electron chi connectivity index (χ1n) is 10.2. The fourth-order valence-corrected chi connectivity index (χ4v) is 3.33. The molecule has 170 valence electrons. The second kappa shape index (κ2) is 9.87. The average molecular weight is 451 g/mol. The van der Waals surface area contributed by atoms with Crippen LogP contribution in [-0.4, -0.2) is 40.0 Å². The largest absolute Gasteiger partial charge is 0.391 e. The Balaban J connectivity index is 1.22. The van der Waals surface area contributed by atoms with Crippen molar-refractivity contribution < 1.29 is 14.6 Å². The number of nitro benzene ring substituents is 1. The third-order valence-electron chi connectivity index (χ3n) is 4.96. The van der Waals surface area contributed by atoms with Crippen molar-refractivity contribution in [1.29, 1.82) is 0 Å². The lowest BCUT2D eigenvalue weighted by Gasteiger charge is -2.09. The van der Waals surface area contributed by atoms with E-state index in [0.717, 1.165) is 0 Å². The van der Waals surface area contributed by atoms with Gasteiger partial charge < -0.3 is 15.5 Å². The van der Waals surface area contributed by atoms with Gasteiger partial charge in [0.1, 0.15) is 0 Å². The van der Waals surface area contributed by atoms with Crippen LogP contribution in [0.1, 0.15) is 24.6 Å². The number of amides is 1. The standard InChI is InChI=1S/C21H21N7O5/c29-17(22-10-11-23-20-15-6-1-2-7-16(15)21(30)26-25-20)8-9-18-24-19(27-33-18)13-4-3-5-14(12-13)28(31)32/h1-7,12,19,27H,8-11H2,(H,22,29)(H,23,25)(H,26,30). The Morgan fingerprint density at radius 1 is 1.15 bits per heavy atom. The molecule has 2 heterocycles. The highest BCUT2D eigenvalue weighted by atomic mass is 16.7. The van der Waals surface area contributed by atoms with Gasteiger partial charge in [0.2, 0.25) is 11.8 Å². The van der Waals surface area contributed by atoms with Crippen LogP contribution in [0.25, 0.3) is 10.8 Å². The number of carbonyl (C=O) groups is 1. The van der Waals surface area contributed by atoms with Crippen LogP contribution in [0.15, 0.2) is 58.3 Å². The molecule has 0 bridgehead atoms. The zero-order chi connectivity index (χ0) is 23.2. The van der Waals surface area contributed by atoms with Gasteiger partial charge in [0.25, 0.3) is 11.2 Å². The summed E-state index contributed by atoms with van der Waals surface area (Å²) in [6, 6.07) is 13.2. The van der Waals surface area contributed by atoms with Gasteiger partial charge in [0, 0.05) is 49.0 Å². The lowest BCUT2D eigenvalue weighted by atomic mass is 10.1. The maximum absolute atomic E-state index is 12.1. The minimum absolute atomic E-state index is 0.0315. The quantitative estimate of drug-likeness (QED) is 0.217. The van der Waals surface area contributed by atoms with Crippen molar-refractivity contribution in [3.8, 4) is 0 Å². The van der Waals surface area contributed by atoms with Crippen LogP contribution in [0.3, 0.4) is 0 Å². The van der Waals surface area contributed by atoms with Crippen LogP contribution in [0.4, 0.5) is 11.5 Å². The van der Waals surface area contributed by atoms with E-state index in [1.165, 1.54) is 12.1 Å². The SMILES string of the molecule is O=C(CCC1=NC(c2cccc([N+](=O)[O-])c2)NO1)NCCNc1n[nH]c(=O)c2ccccc12. The Kier molecular flexibility index (Phi) is 6.55. The molecule has 1 amide bonds. The van der Waals surface area contributed by atoms with E-state index in [1.54, 1.807) is 30.3 Å². The molecular formula is C21H21N7O5. The molecule has 0 spiro atoms. The first-order valence-corrected chi connectivity index (χ1v) is 10.2. The zero-order valence-corrected chi connectivity index (χ0v) is 17.4. The fourth-order valence-electron chi connectivity index (χ4n) is 3.33. The Labute approximate surface area is 187 Å². The topological polar surface area (TPSA) is 164 Å². The Hall–Kier alpha value is -4.32. The number of anilines is 1. The number of fused-ring (bicyclic) bond motifs is 1. The molecule has 12 heteroatoms. The number of aromatic nitrogens is 2. The van der Waals surface area contributed by atoms with E-state index in [0.29, 0.717) is 41.1 Å². The van der Waals surface area contributed by atoms with Gasteiger partial charge in [-0.15, -0.1) is 5.48 Å². The van der Waals surface area contributed by atoms with E-state index in [9.17, 15) is 19.7 Å². The molecule has 4 N–H and O–H groups in total. The highest BCUT2D eigenvalue weighted by Gasteiger charge is 2.22. The summed E-state index contributed by atoms with van der Waals surface area (Å²) in [5.41, 5.74) is 3.01. The summed E-state index contributed by atoms with van der Waals surface area (Å²) in [7, 11) is 0. The van der Waals surface area contributed by atoms with E-state index in [2.05, 4.69) is 31.3 Å². The number of nitro groups is 1. The molecule has 1 atom stereocenters. The molecular weight excluding hydrogens is 430 g/mol. The van der Waals surface area contributed by atoms with Gasteiger partial charge in [0.05, 0.1) is 10.3 Å². The van der Waals surface area contributed by atoms with Crippen molar-refractivity contribution in [2.45, 2.75) is 19.0 Å². The van der Waals surface area contributed by atoms with Crippen molar-refractivity contribution in [2.75, 3.05) is 18.4 Å². The molecule has 0 fully saturated rings. The van der Waals surface area contributed by atoms with Gasteiger partial charge in [-0.2, -0.15) is 5.10 Å². The second-order valence-electron chi connectivity index (χ2n) is 7.22. The number of hydrogen-bond acceptors (Lipinski definition) is 9. The Morgan fingerprint density at radius 2 is 1.97 bits per heavy atom. The van der Waals surface area contributed by atoms with Crippen molar-refractivity contribution in [3.63, 3.8) is 0 Å². The Morgan fingerprint density at radius 3 is 2.79 bits per heavy atom. The van der Waals surface area contributed by atoms with E-state index in [4.69, 9.17) is 4.84 Å². The lowest BCUT2D eigenvalue weighted by molar-refractivity contribution is -0.384. The summed E-state index contributed by atoms with van der Waals surface area (Å²) in [5, 5.41) is 24.5. The molecule has 1 aliphatic heterocycles. The number of aromatic amines is 1. The van der Waals surface area contributed by atoms with Gasteiger partial charge in [0.15, 0.2) is 12.0 Å². The molecule has 0 saturated heterocycles. The smallest absolute Gasteiger partial charge is 0.272 e. The molecule has 4 rings (SSSR count). The number of aliphatic imine (C=N–C) groups is 1. The summed E-state index contributed by atoms with van der Waals surface area (Å²) >= 11 is 0. The summed E-state index contributed by atoms with van der Waals surface area (Å²) in [5.74, 6) is 0.705. The number of hydrogen-bond donors (Lipinski definition) is 4. The van der Waals surface area contributed by atoms with Crippen LogP contribution >= 0.6 is 0 Å². The van der Waals surface area contributed by atoms with E-state index >= 15 is 0 Å². The zero-order valence-electron chi connectivity index (χ0n) is 17.4. The fraction of sp³-hybridized carbons (Fsp3) is 0.238. The average Bonchev–Trinajstić information content (AvgIpc) is 3.31. The van der Waals surface area contributed by atoms with E-state index in [-0.39, 0.29) is 30.0 Å². The summed E-state index contributed by atoms with van der Waals surface area (Å²) in [6.45, 7) is 0.776. The maximum Gasteiger partial charge on any atom is 0.272 e. The third kappa shape index (κ3) is 5.30. The molecule has 3 aromatic rings. The van der Waals surface area contributed by atoms with Crippen LogP contribution in [0.2, 0.25) is 0 Å². The van der Waals surface area contributed by atoms with E-state index in [1.807, 2.05) is 6.07 Å². The molecule has 0 aliphatic carbocycles. The highest BCUT2D eigenvalue weighted by Crippen LogP contribution is 2.23. The van der Waals surface area contributed by atoms with Gasteiger partial charge in [-0.3, -0.25) is 19.7 Å². The van der Waals surface area contributed by atoms with Gasteiger partial charge in [-0.25, -0.2) is 10.1 Å². The summed E-state index contributed by atoms with van der Waals surface area (Å²) in [4.78, 5) is 44.0. The van der Waals surface area contributed by atoms with E-state index < -0.39 is 11.1 Å². The monoisotopic (exact) mass is 451 g/mol. The minimum Gasteiger partial charge on any atom is -0.391 e. The van der Waals surface area contributed by atoms with Crippen molar-refractivity contribution in [3.05, 3.63) is 74.6 Å². The molecule has 33 heavy (non-hydrogen) atoms. The van der Waals surface area contributed by atoms with Crippen molar-refractivity contribution in [1.82, 2.24) is 21.0 Å². The normalized spacial score (nSPS) is 15.0. The van der Waals surface area contributed by atoms with Gasteiger partial charge in [-0.1, -0.05) is 30.3 Å². The minimum atomic E-state index is -0.563. The van der Waals surface area contributed by atoms with Crippen LogP contribution in [-0.2, 0) is 9.63 Å². The highest BCUT2D eigenvalue weighted by molar-refractivity contribution is 5.90. The number of rotatable bonds is 9. The van der Waals surface area contributed by atoms with Crippen molar-refractivity contribution >= 4 is 34.1 Å². The number of H-pyrrole nitrogens is 1. The predicted molar refractivity (Wildman–Crippen MR) is 121 cm³/mol. The molecule has 1 aliphatic rings. The predicted octanol–water partition coefficient (Wildman–Crippen LogP) is 1.77. The maximum atomic E-state index is 12.1. The molecule has 0 radical (unpaired) electrons. The van der Waals surface area contributed by atoms with Crippen molar-refractivity contribution in [2.24, 2.45) is 4.99 Å². The number of nitrogens with one attached hydrogen (secondary N) is 4. The number of hydroxylamine groups is 1. The van der Waals surface area contributed by atoms with Crippen LogP contribution in [0.5, 0.6) is 0 Å². The lowest BCUT2D eigenvalue weighted by Crippen LogP contribution is -2.29. The number of benzene rings is 2. The van der Waals surface area contributed by atoms with Gasteiger partial charge >= 0.3 is 0 Å². The first kappa shape index (κ1) is 21.9. The third-order valence-corrected chi connectivity index (χ3v) is 4.96.